The van der Waals surface area contributed by atoms with Crippen molar-refractivity contribution in [2.24, 2.45) is 0 Å². The van der Waals surface area contributed by atoms with E-state index in [1.165, 1.54) is 25.4 Å². The summed E-state index contributed by atoms with van der Waals surface area (Å²) in [6, 6.07) is 0. The van der Waals surface area contributed by atoms with E-state index >= 15 is 0 Å². The summed E-state index contributed by atoms with van der Waals surface area (Å²) in [6.07, 6.45) is 0. The number of rotatable bonds is 4. The lowest BCUT2D eigenvalue weighted by Gasteiger charge is -2.05. The lowest BCUT2D eigenvalue weighted by molar-refractivity contribution is -0.114. The van der Waals surface area contributed by atoms with Gasteiger partial charge in [0.2, 0.25) is 5.91 Å². The predicted octanol–water partition coefficient (Wildman–Crippen LogP) is 2.37. The molecule has 1 rings (SSSR count). The maximum atomic E-state index is 11.7. The van der Waals surface area contributed by atoms with Crippen molar-refractivity contribution >= 4 is 45.1 Å². The highest BCUT2D eigenvalue weighted by molar-refractivity contribution is 8.14. The Hall–Kier alpha value is -1.34. The Morgan fingerprint density at radius 1 is 1.32 bits per heavy atom. The third-order valence-corrected chi connectivity index (χ3v) is 4.37. The third-order valence-electron chi connectivity index (χ3n) is 2.43. The van der Waals surface area contributed by atoms with Crippen LogP contribution in [0.15, 0.2) is 0 Å². The van der Waals surface area contributed by atoms with E-state index in [4.69, 9.17) is 4.74 Å². The highest BCUT2D eigenvalue weighted by atomic mass is 32.2. The number of amides is 1. The van der Waals surface area contributed by atoms with Gasteiger partial charge >= 0.3 is 5.97 Å². The van der Waals surface area contributed by atoms with E-state index in [9.17, 15) is 14.4 Å². The molecule has 1 N–H and O–H groups in total. The molecule has 0 unspecified atom stereocenters. The molecule has 0 aliphatic carbocycles. The summed E-state index contributed by atoms with van der Waals surface area (Å²) in [5.41, 5.74) is 1.18. The van der Waals surface area contributed by atoms with Crippen molar-refractivity contribution in [3.63, 3.8) is 0 Å². The van der Waals surface area contributed by atoms with E-state index < -0.39 is 5.97 Å². The molecular weight excluding hydrogens is 286 g/mol. The first-order valence-corrected chi connectivity index (χ1v) is 7.28. The smallest absolute Gasteiger partial charge is 0.341 e. The topological polar surface area (TPSA) is 72.5 Å². The zero-order chi connectivity index (χ0) is 14.6. The van der Waals surface area contributed by atoms with Crippen LogP contribution in [0.1, 0.15) is 27.7 Å². The number of nitrogens with one attached hydrogen (secondary N) is 1. The lowest BCUT2D eigenvalue weighted by Crippen LogP contribution is -2.16. The van der Waals surface area contributed by atoms with Crippen LogP contribution in [-0.2, 0) is 14.3 Å². The molecule has 0 aliphatic heterocycles. The molecule has 1 aromatic heterocycles. The van der Waals surface area contributed by atoms with E-state index in [-0.39, 0.29) is 16.8 Å². The number of anilines is 1. The fourth-order valence-electron chi connectivity index (χ4n) is 1.39. The average Bonchev–Trinajstić information content (AvgIpc) is 2.61. The maximum Gasteiger partial charge on any atom is 0.341 e. The number of hydrogen-bond donors (Lipinski definition) is 1. The van der Waals surface area contributed by atoms with Crippen LogP contribution in [0.2, 0.25) is 0 Å². The van der Waals surface area contributed by atoms with Gasteiger partial charge in [0, 0.05) is 11.8 Å². The Morgan fingerprint density at radius 2 is 1.95 bits per heavy atom. The summed E-state index contributed by atoms with van der Waals surface area (Å²) in [5.74, 6) is -0.755. The maximum absolute atomic E-state index is 11.7. The monoisotopic (exact) mass is 301 g/mol. The minimum absolute atomic E-state index is 0.0337. The largest absolute Gasteiger partial charge is 0.465 e. The van der Waals surface area contributed by atoms with Gasteiger partial charge in [-0.05, 0) is 19.4 Å². The number of aryl methyl sites for hydroxylation is 1. The molecule has 5 nitrogen and oxygen atoms in total. The fraction of sp³-hybridized carbons (Fsp3) is 0.417. The number of carbonyl (C=O) groups excluding carboxylic acids is 3. The Bertz CT molecular complexity index is 522. The Labute approximate surface area is 119 Å². The van der Waals surface area contributed by atoms with Crippen molar-refractivity contribution in [1.29, 1.82) is 0 Å². The molecule has 7 heteroatoms. The molecule has 0 bridgehead atoms. The number of methoxy groups -OCH3 is 1. The molecule has 1 amide bonds. The van der Waals surface area contributed by atoms with Crippen molar-refractivity contribution in [3.05, 3.63) is 16.0 Å². The first-order valence-electron chi connectivity index (χ1n) is 5.48. The van der Waals surface area contributed by atoms with Crippen LogP contribution < -0.4 is 5.32 Å². The van der Waals surface area contributed by atoms with E-state index in [0.717, 1.165) is 22.2 Å². The van der Waals surface area contributed by atoms with Crippen LogP contribution in [0, 0.1) is 13.8 Å². The first-order chi connectivity index (χ1) is 8.86. The van der Waals surface area contributed by atoms with Crippen molar-refractivity contribution in [2.75, 3.05) is 18.2 Å². The van der Waals surface area contributed by atoms with Gasteiger partial charge in [0.1, 0.15) is 5.00 Å². The number of thioether (sulfide) groups is 1. The second kappa shape index (κ2) is 6.72. The number of hydrogen-bond acceptors (Lipinski definition) is 6. The SMILES string of the molecule is COC(=O)c1c(NC(=O)CSC(C)=O)sc(C)c1C. The predicted molar refractivity (Wildman–Crippen MR) is 76.9 cm³/mol. The highest BCUT2D eigenvalue weighted by Crippen LogP contribution is 2.32. The van der Waals surface area contributed by atoms with Crippen LogP contribution in [0.4, 0.5) is 5.00 Å². The van der Waals surface area contributed by atoms with Gasteiger partial charge in [0.25, 0.3) is 0 Å². The molecular formula is C12H15NO4S2. The molecule has 0 spiro atoms. The van der Waals surface area contributed by atoms with Gasteiger partial charge in [0.15, 0.2) is 5.12 Å². The summed E-state index contributed by atoms with van der Waals surface area (Å²) < 4.78 is 4.71. The number of carbonyl (C=O) groups is 3. The van der Waals surface area contributed by atoms with Gasteiger partial charge in [-0.3, -0.25) is 9.59 Å². The van der Waals surface area contributed by atoms with Gasteiger partial charge in [-0.2, -0.15) is 0 Å². The van der Waals surface area contributed by atoms with Crippen LogP contribution >= 0.6 is 23.1 Å². The van der Waals surface area contributed by atoms with Crippen molar-refractivity contribution in [3.8, 4) is 0 Å². The number of esters is 1. The highest BCUT2D eigenvalue weighted by Gasteiger charge is 2.21. The third kappa shape index (κ3) is 4.07. The van der Waals surface area contributed by atoms with E-state index in [1.807, 2.05) is 6.92 Å². The van der Waals surface area contributed by atoms with Crippen LogP contribution in [-0.4, -0.2) is 29.9 Å². The van der Waals surface area contributed by atoms with E-state index in [1.54, 1.807) is 6.92 Å². The van der Waals surface area contributed by atoms with E-state index in [2.05, 4.69) is 5.32 Å². The van der Waals surface area contributed by atoms with Gasteiger partial charge in [-0.1, -0.05) is 11.8 Å². The molecule has 1 heterocycles. The molecule has 0 aliphatic rings. The zero-order valence-corrected chi connectivity index (χ0v) is 12.8. The molecule has 0 fully saturated rings. The summed E-state index contributed by atoms with van der Waals surface area (Å²) >= 11 is 2.25. The van der Waals surface area contributed by atoms with Gasteiger partial charge < -0.3 is 10.1 Å². The second-order valence-electron chi connectivity index (χ2n) is 3.81. The van der Waals surface area contributed by atoms with Gasteiger partial charge in [-0.15, -0.1) is 11.3 Å². The van der Waals surface area contributed by atoms with Crippen LogP contribution in [0.5, 0.6) is 0 Å². The van der Waals surface area contributed by atoms with E-state index in [0.29, 0.717) is 10.6 Å². The minimum atomic E-state index is -0.476. The van der Waals surface area contributed by atoms with Crippen LogP contribution in [0.3, 0.4) is 0 Å². The molecule has 19 heavy (non-hydrogen) atoms. The Kier molecular flexibility index (Phi) is 5.56. The van der Waals surface area contributed by atoms with Gasteiger partial charge in [-0.25, -0.2) is 4.79 Å². The van der Waals surface area contributed by atoms with Crippen molar-refractivity contribution in [2.45, 2.75) is 20.8 Å². The fourth-order valence-corrected chi connectivity index (χ4v) is 2.86. The molecule has 0 saturated heterocycles. The Balaban J connectivity index is 2.89. The molecule has 104 valence electrons. The zero-order valence-electron chi connectivity index (χ0n) is 11.2. The summed E-state index contributed by atoms with van der Waals surface area (Å²) in [6.45, 7) is 5.07. The quantitative estimate of drug-likeness (QED) is 0.864. The normalized spacial score (nSPS) is 10.1. The number of thiophene rings is 1. The second-order valence-corrected chi connectivity index (χ2v) is 6.18. The van der Waals surface area contributed by atoms with Crippen molar-refractivity contribution in [1.82, 2.24) is 0 Å². The van der Waals surface area contributed by atoms with Crippen molar-refractivity contribution < 1.29 is 19.1 Å². The molecule has 0 atom stereocenters. The number of ether oxygens (including phenoxy) is 1. The lowest BCUT2D eigenvalue weighted by atomic mass is 10.1. The summed E-state index contributed by atoms with van der Waals surface area (Å²) in [5, 5.41) is 2.99. The molecule has 0 aromatic carbocycles. The molecule has 0 radical (unpaired) electrons. The Morgan fingerprint density at radius 3 is 2.47 bits per heavy atom. The standard InChI is InChI=1S/C12H15NO4S2/c1-6-7(2)19-11(10(6)12(16)17-4)13-9(15)5-18-8(3)14/h5H2,1-4H3,(H,13,15). The minimum Gasteiger partial charge on any atom is -0.465 e. The van der Waals surface area contributed by atoms with Gasteiger partial charge in [0.05, 0.1) is 18.4 Å². The first kappa shape index (κ1) is 15.7. The van der Waals surface area contributed by atoms with Crippen LogP contribution in [0.25, 0.3) is 0 Å². The summed E-state index contributed by atoms with van der Waals surface area (Å²) in [4.78, 5) is 35.1. The average molecular weight is 301 g/mol. The molecule has 1 aromatic rings. The molecule has 0 saturated carbocycles. The summed E-state index contributed by atoms with van der Waals surface area (Å²) in [7, 11) is 1.30.